The van der Waals surface area contributed by atoms with Gasteiger partial charge in [0.1, 0.15) is 5.82 Å². The number of hydrogen-bond acceptors (Lipinski definition) is 2. The maximum Gasteiger partial charge on any atom is 0.126 e. The minimum absolute atomic E-state index is 0.0749. The largest absolute Gasteiger partial charge is 0.311 e. The van der Waals surface area contributed by atoms with Crippen molar-refractivity contribution in [1.82, 2.24) is 10.2 Å². The first-order valence-electron chi connectivity index (χ1n) is 8.20. The molecule has 3 heteroatoms. The number of hydrogen-bond donors (Lipinski definition) is 1. The molecule has 0 bridgehead atoms. The predicted octanol–water partition coefficient (Wildman–Crippen LogP) is 3.32. The second-order valence-electron chi connectivity index (χ2n) is 6.91. The van der Waals surface area contributed by atoms with Gasteiger partial charge in [0.15, 0.2) is 0 Å². The van der Waals surface area contributed by atoms with Crippen LogP contribution in [0.3, 0.4) is 0 Å². The average molecular weight is 292 g/mol. The molecule has 2 rings (SSSR count). The van der Waals surface area contributed by atoms with Gasteiger partial charge in [-0.25, -0.2) is 4.39 Å². The molecule has 1 N–H and O–H groups in total. The molecule has 118 valence electrons. The zero-order valence-electron chi connectivity index (χ0n) is 13.8. The predicted molar refractivity (Wildman–Crippen MR) is 86.9 cm³/mol. The van der Waals surface area contributed by atoms with E-state index < -0.39 is 0 Å². The van der Waals surface area contributed by atoms with Crippen LogP contribution in [0.1, 0.15) is 33.3 Å². The van der Waals surface area contributed by atoms with Crippen molar-refractivity contribution in [2.45, 2.75) is 46.2 Å². The zero-order valence-corrected chi connectivity index (χ0v) is 13.8. The maximum absolute atomic E-state index is 13.8. The number of piperazine rings is 1. The fraction of sp³-hybridized carbons (Fsp3) is 0.667. The first kappa shape index (κ1) is 16.4. The molecule has 0 aliphatic carbocycles. The van der Waals surface area contributed by atoms with Crippen LogP contribution in [0.2, 0.25) is 0 Å². The van der Waals surface area contributed by atoms with E-state index in [-0.39, 0.29) is 5.82 Å². The topological polar surface area (TPSA) is 15.3 Å². The highest BCUT2D eigenvalue weighted by Crippen LogP contribution is 2.19. The average Bonchev–Trinajstić information content (AvgIpc) is 2.46. The van der Waals surface area contributed by atoms with Gasteiger partial charge < -0.3 is 5.32 Å². The van der Waals surface area contributed by atoms with Crippen LogP contribution < -0.4 is 5.32 Å². The summed E-state index contributed by atoms with van der Waals surface area (Å²) >= 11 is 0. The van der Waals surface area contributed by atoms with Crippen LogP contribution in [0, 0.1) is 17.7 Å². The van der Waals surface area contributed by atoms with Gasteiger partial charge in [-0.3, -0.25) is 4.90 Å². The highest BCUT2D eigenvalue weighted by molar-refractivity contribution is 5.17. The fourth-order valence-corrected chi connectivity index (χ4v) is 3.18. The quantitative estimate of drug-likeness (QED) is 0.895. The van der Waals surface area contributed by atoms with E-state index in [1.807, 2.05) is 12.1 Å². The Balaban J connectivity index is 2.01. The molecule has 0 aromatic heterocycles. The van der Waals surface area contributed by atoms with Crippen molar-refractivity contribution in [3.8, 4) is 0 Å². The molecule has 2 nitrogen and oxygen atoms in total. The van der Waals surface area contributed by atoms with E-state index >= 15 is 0 Å². The summed E-state index contributed by atoms with van der Waals surface area (Å²) in [5.74, 6) is 1.18. The number of nitrogens with one attached hydrogen (secondary N) is 1. The van der Waals surface area contributed by atoms with Gasteiger partial charge in [-0.1, -0.05) is 45.9 Å². The molecule has 0 saturated carbocycles. The van der Waals surface area contributed by atoms with E-state index in [1.165, 1.54) is 0 Å². The van der Waals surface area contributed by atoms with Crippen molar-refractivity contribution < 1.29 is 4.39 Å². The molecule has 1 aliphatic rings. The lowest BCUT2D eigenvalue weighted by atomic mass is 9.94. The Hall–Kier alpha value is -0.930. The second kappa shape index (κ2) is 7.37. The normalized spacial score (nSPS) is 24.0. The number of nitrogens with zero attached hydrogens (tertiary/aromatic N) is 1. The van der Waals surface area contributed by atoms with Gasteiger partial charge in [-0.05, 0) is 29.9 Å². The van der Waals surface area contributed by atoms with Crippen molar-refractivity contribution >= 4 is 0 Å². The van der Waals surface area contributed by atoms with E-state index in [4.69, 9.17) is 0 Å². The van der Waals surface area contributed by atoms with Gasteiger partial charge >= 0.3 is 0 Å². The monoisotopic (exact) mass is 292 g/mol. The number of halogens is 1. The first-order chi connectivity index (χ1) is 9.99. The van der Waals surface area contributed by atoms with Gasteiger partial charge in [0, 0.05) is 31.7 Å². The lowest BCUT2D eigenvalue weighted by molar-refractivity contribution is 0.0862. The summed E-state index contributed by atoms with van der Waals surface area (Å²) in [6.07, 6.45) is 0.792. The highest BCUT2D eigenvalue weighted by Gasteiger charge is 2.30. The Labute approximate surface area is 128 Å². The zero-order chi connectivity index (χ0) is 15.4. The summed E-state index contributed by atoms with van der Waals surface area (Å²) in [6.45, 7) is 12.1. The van der Waals surface area contributed by atoms with Gasteiger partial charge in [-0.15, -0.1) is 0 Å². The van der Waals surface area contributed by atoms with E-state index in [2.05, 4.69) is 37.9 Å². The minimum atomic E-state index is -0.0749. The van der Waals surface area contributed by atoms with Crippen LogP contribution in [-0.4, -0.2) is 36.6 Å². The molecule has 0 spiro atoms. The molecule has 21 heavy (non-hydrogen) atoms. The van der Waals surface area contributed by atoms with Crippen molar-refractivity contribution in [2.75, 3.05) is 19.6 Å². The summed E-state index contributed by atoms with van der Waals surface area (Å²) in [5.41, 5.74) is 0.833. The van der Waals surface area contributed by atoms with Gasteiger partial charge in [0.2, 0.25) is 0 Å². The summed E-state index contributed by atoms with van der Waals surface area (Å²) < 4.78 is 13.8. The molecule has 1 heterocycles. The molecule has 1 fully saturated rings. The molecule has 1 aliphatic heterocycles. The van der Waals surface area contributed by atoms with Crippen LogP contribution in [-0.2, 0) is 6.42 Å². The summed E-state index contributed by atoms with van der Waals surface area (Å²) in [5, 5.41) is 3.67. The van der Waals surface area contributed by atoms with Gasteiger partial charge in [-0.2, -0.15) is 0 Å². The lowest BCUT2D eigenvalue weighted by Gasteiger charge is -2.43. The standard InChI is InChI=1S/C18H29FN2/c1-13(2)17-12-21(18(11-20-17)14(3)4)10-9-15-7-5-6-8-16(15)19/h5-8,13-14,17-18,20H,9-12H2,1-4H3. The summed E-state index contributed by atoms with van der Waals surface area (Å²) in [6, 6.07) is 8.24. The molecular weight excluding hydrogens is 263 g/mol. The Morgan fingerprint density at radius 3 is 2.52 bits per heavy atom. The molecule has 1 aromatic carbocycles. The first-order valence-corrected chi connectivity index (χ1v) is 8.20. The van der Waals surface area contributed by atoms with Crippen molar-refractivity contribution in [1.29, 1.82) is 0 Å². The third kappa shape index (κ3) is 4.27. The number of benzene rings is 1. The Morgan fingerprint density at radius 1 is 1.19 bits per heavy atom. The summed E-state index contributed by atoms with van der Waals surface area (Å²) in [4.78, 5) is 2.55. The Morgan fingerprint density at radius 2 is 1.90 bits per heavy atom. The molecule has 0 radical (unpaired) electrons. The smallest absolute Gasteiger partial charge is 0.126 e. The molecule has 2 unspecified atom stereocenters. The van der Waals surface area contributed by atoms with E-state index in [0.717, 1.165) is 31.6 Å². The third-order valence-electron chi connectivity index (χ3n) is 4.69. The van der Waals surface area contributed by atoms with E-state index in [9.17, 15) is 4.39 Å². The van der Waals surface area contributed by atoms with Crippen LogP contribution >= 0.6 is 0 Å². The molecule has 2 atom stereocenters. The van der Waals surface area contributed by atoms with Crippen LogP contribution in [0.4, 0.5) is 4.39 Å². The van der Waals surface area contributed by atoms with Crippen LogP contribution in [0.5, 0.6) is 0 Å². The van der Waals surface area contributed by atoms with Crippen molar-refractivity contribution in [3.63, 3.8) is 0 Å². The molecule has 0 amide bonds. The highest BCUT2D eigenvalue weighted by atomic mass is 19.1. The fourth-order valence-electron chi connectivity index (χ4n) is 3.18. The van der Waals surface area contributed by atoms with Crippen molar-refractivity contribution in [2.24, 2.45) is 11.8 Å². The van der Waals surface area contributed by atoms with E-state index in [1.54, 1.807) is 12.1 Å². The minimum Gasteiger partial charge on any atom is -0.311 e. The number of rotatable bonds is 5. The Kier molecular flexibility index (Phi) is 5.77. The molecular formula is C18H29FN2. The maximum atomic E-state index is 13.8. The SMILES string of the molecule is CC(C)C1CN(CCc2ccccc2F)C(C(C)C)CN1. The van der Waals surface area contributed by atoms with Crippen LogP contribution in [0.15, 0.2) is 24.3 Å². The van der Waals surface area contributed by atoms with Crippen LogP contribution in [0.25, 0.3) is 0 Å². The lowest BCUT2D eigenvalue weighted by Crippen LogP contribution is -2.59. The molecule has 1 aromatic rings. The van der Waals surface area contributed by atoms with E-state index in [0.29, 0.717) is 23.9 Å². The summed E-state index contributed by atoms with van der Waals surface area (Å²) in [7, 11) is 0. The Bertz CT molecular complexity index is 445. The molecule has 1 saturated heterocycles. The van der Waals surface area contributed by atoms with Gasteiger partial charge in [0.25, 0.3) is 0 Å². The van der Waals surface area contributed by atoms with Crippen molar-refractivity contribution in [3.05, 3.63) is 35.6 Å². The second-order valence-corrected chi connectivity index (χ2v) is 6.91. The third-order valence-corrected chi connectivity index (χ3v) is 4.69. The van der Waals surface area contributed by atoms with Gasteiger partial charge in [0.05, 0.1) is 0 Å².